The van der Waals surface area contributed by atoms with E-state index in [1.54, 1.807) is 0 Å². The van der Waals surface area contributed by atoms with Gasteiger partial charge in [0.15, 0.2) is 0 Å². The molecule has 0 spiro atoms. The topological polar surface area (TPSA) is 15.3 Å². The number of piperidine rings is 1. The minimum atomic E-state index is 0.490. The molecule has 1 heterocycles. The molecule has 0 amide bonds. The van der Waals surface area contributed by atoms with Crippen molar-refractivity contribution in [3.05, 3.63) is 0 Å². The van der Waals surface area contributed by atoms with E-state index in [-0.39, 0.29) is 0 Å². The SMILES string of the molecule is CCCNC(CN1CCC(C(C)(C)C)CC1)C(C)C. The van der Waals surface area contributed by atoms with E-state index in [0.29, 0.717) is 11.5 Å². The summed E-state index contributed by atoms with van der Waals surface area (Å²) in [6.45, 7) is 19.1. The quantitative estimate of drug-likeness (QED) is 0.789. The van der Waals surface area contributed by atoms with Crippen molar-refractivity contribution >= 4 is 0 Å². The van der Waals surface area contributed by atoms with Crippen LogP contribution in [-0.4, -0.2) is 37.1 Å². The van der Waals surface area contributed by atoms with Crippen LogP contribution in [0.4, 0.5) is 0 Å². The average molecular weight is 268 g/mol. The van der Waals surface area contributed by atoms with Gasteiger partial charge in [-0.1, -0.05) is 41.5 Å². The first kappa shape index (κ1) is 17.0. The second kappa shape index (κ2) is 7.64. The van der Waals surface area contributed by atoms with Crippen LogP contribution in [0.5, 0.6) is 0 Å². The third-order valence-corrected chi connectivity index (χ3v) is 4.73. The number of likely N-dealkylation sites (tertiary alicyclic amines) is 1. The summed E-state index contributed by atoms with van der Waals surface area (Å²) >= 11 is 0. The Balaban J connectivity index is 2.38. The predicted octanol–water partition coefficient (Wildman–Crippen LogP) is 3.77. The van der Waals surface area contributed by atoms with E-state index in [9.17, 15) is 0 Å². The van der Waals surface area contributed by atoms with Crippen molar-refractivity contribution in [2.75, 3.05) is 26.2 Å². The Hall–Kier alpha value is -0.0800. The van der Waals surface area contributed by atoms with Crippen LogP contribution in [0, 0.1) is 17.3 Å². The van der Waals surface area contributed by atoms with Gasteiger partial charge in [0.25, 0.3) is 0 Å². The number of rotatable bonds is 6. The predicted molar refractivity (Wildman–Crippen MR) is 85.5 cm³/mol. The molecule has 1 rings (SSSR count). The van der Waals surface area contributed by atoms with Crippen LogP contribution in [0.1, 0.15) is 60.8 Å². The lowest BCUT2D eigenvalue weighted by Gasteiger charge is -2.40. The van der Waals surface area contributed by atoms with Gasteiger partial charge in [-0.15, -0.1) is 0 Å². The van der Waals surface area contributed by atoms with Gasteiger partial charge in [0, 0.05) is 12.6 Å². The molecule has 1 fully saturated rings. The van der Waals surface area contributed by atoms with Gasteiger partial charge in [0.2, 0.25) is 0 Å². The first-order valence-corrected chi connectivity index (χ1v) is 8.30. The van der Waals surface area contributed by atoms with Crippen molar-refractivity contribution in [3.8, 4) is 0 Å². The van der Waals surface area contributed by atoms with E-state index in [0.717, 1.165) is 18.4 Å². The summed E-state index contributed by atoms with van der Waals surface area (Å²) in [5, 5.41) is 3.72. The lowest BCUT2D eigenvalue weighted by atomic mass is 9.75. The lowest BCUT2D eigenvalue weighted by molar-refractivity contribution is 0.100. The Bertz CT molecular complexity index is 234. The monoisotopic (exact) mass is 268 g/mol. The summed E-state index contributed by atoms with van der Waals surface area (Å²) in [5.41, 5.74) is 0.490. The van der Waals surface area contributed by atoms with E-state index >= 15 is 0 Å². The highest BCUT2D eigenvalue weighted by Crippen LogP contribution is 2.34. The van der Waals surface area contributed by atoms with Crippen LogP contribution in [-0.2, 0) is 0 Å². The minimum Gasteiger partial charge on any atom is -0.312 e. The molecular weight excluding hydrogens is 232 g/mol. The Morgan fingerprint density at radius 1 is 1.16 bits per heavy atom. The Kier molecular flexibility index (Phi) is 6.82. The molecule has 0 radical (unpaired) electrons. The molecule has 1 unspecified atom stereocenters. The fourth-order valence-corrected chi connectivity index (χ4v) is 3.10. The van der Waals surface area contributed by atoms with E-state index in [2.05, 4.69) is 51.8 Å². The number of hydrogen-bond donors (Lipinski definition) is 1. The first-order valence-electron chi connectivity index (χ1n) is 8.30. The molecule has 2 heteroatoms. The minimum absolute atomic E-state index is 0.490. The van der Waals surface area contributed by atoms with Gasteiger partial charge < -0.3 is 10.2 Å². The van der Waals surface area contributed by atoms with E-state index in [4.69, 9.17) is 0 Å². The Morgan fingerprint density at radius 3 is 2.16 bits per heavy atom. The molecular formula is C17H36N2. The Labute approximate surface area is 121 Å². The van der Waals surface area contributed by atoms with Crippen LogP contribution in [0.3, 0.4) is 0 Å². The molecule has 1 saturated heterocycles. The molecule has 2 nitrogen and oxygen atoms in total. The molecule has 114 valence electrons. The molecule has 1 atom stereocenters. The lowest BCUT2D eigenvalue weighted by Crippen LogP contribution is -2.47. The van der Waals surface area contributed by atoms with Crippen LogP contribution in [0.25, 0.3) is 0 Å². The normalized spacial score (nSPS) is 21.0. The van der Waals surface area contributed by atoms with Gasteiger partial charge in [0.05, 0.1) is 0 Å². The molecule has 19 heavy (non-hydrogen) atoms. The maximum atomic E-state index is 3.72. The fraction of sp³-hybridized carbons (Fsp3) is 1.00. The van der Waals surface area contributed by atoms with Crippen LogP contribution in [0.2, 0.25) is 0 Å². The maximum Gasteiger partial charge on any atom is 0.0217 e. The van der Waals surface area contributed by atoms with Gasteiger partial charge in [-0.05, 0) is 56.1 Å². The zero-order chi connectivity index (χ0) is 14.5. The summed E-state index contributed by atoms with van der Waals surface area (Å²) in [6, 6.07) is 0.658. The molecule has 0 aliphatic carbocycles. The molecule has 0 aromatic rings. The number of hydrogen-bond acceptors (Lipinski definition) is 2. The zero-order valence-electron chi connectivity index (χ0n) is 14.1. The van der Waals surface area contributed by atoms with Crippen molar-refractivity contribution in [3.63, 3.8) is 0 Å². The molecule has 0 aromatic carbocycles. The highest BCUT2D eigenvalue weighted by Gasteiger charge is 2.29. The summed E-state index contributed by atoms with van der Waals surface area (Å²) in [4.78, 5) is 2.68. The molecule has 0 bridgehead atoms. The smallest absolute Gasteiger partial charge is 0.0217 e. The van der Waals surface area contributed by atoms with Crippen LogP contribution in [0.15, 0.2) is 0 Å². The van der Waals surface area contributed by atoms with E-state index in [1.165, 1.54) is 38.9 Å². The van der Waals surface area contributed by atoms with Crippen molar-refractivity contribution in [2.24, 2.45) is 17.3 Å². The number of nitrogens with one attached hydrogen (secondary N) is 1. The first-order chi connectivity index (χ1) is 8.84. The standard InChI is InChI=1S/C17H36N2/c1-7-10-18-16(14(2)3)13-19-11-8-15(9-12-19)17(4,5)6/h14-16,18H,7-13H2,1-6H3. The molecule has 1 aliphatic rings. The van der Waals surface area contributed by atoms with Crippen molar-refractivity contribution in [1.82, 2.24) is 10.2 Å². The van der Waals surface area contributed by atoms with Crippen LogP contribution < -0.4 is 5.32 Å². The third-order valence-electron chi connectivity index (χ3n) is 4.73. The summed E-state index contributed by atoms with van der Waals surface area (Å²) in [7, 11) is 0. The van der Waals surface area contributed by atoms with Gasteiger partial charge >= 0.3 is 0 Å². The highest BCUT2D eigenvalue weighted by molar-refractivity contribution is 4.83. The summed E-state index contributed by atoms with van der Waals surface area (Å²) in [5.74, 6) is 1.64. The van der Waals surface area contributed by atoms with Crippen molar-refractivity contribution in [1.29, 1.82) is 0 Å². The van der Waals surface area contributed by atoms with Crippen molar-refractivity contribution in [2.45, 2.75) is 66.8 Å². The largest absolute Gasteiger partial charge is 0.312 e. The van der Waals surface area contributed by atoms with Gasteiger partial charge in [-0.2, -0.15) is 0 Å². The van der Waals surface area contributed by atoms with Crippen molar-refractivity contribution < 1.29 is 0 Å². The molecule has 0 saturated carbocycles. The summed E-state index contributed by atoms with van der Waals surface area (Å²) in [6.07, 6.45) is 3.99. The Morgan fingerprint density at radius 2 is 1.74 bits per heavy atom. The van der Waals surface area contributed by atoms with Gasteiger partial charge in [-0.3, -0.25) is 0 Å². The van der Waals surface area contributed by atoms with E-state index < -0.39 is 0 Å². The maximum absolute atomic E-state index is 3.72. The van der Waals surface area contributed by atoms with E-state index in [1.807, 2.05) is 0 Å². The molecule has 1 aliphatic heterocycles. The average Bonchev–Trinajstić information content (AvgIpc) is 2.33. The number of nitrogens with zero attached hydrogens (tertiary/aromatic N) is 1. The van der Waals surface area contributed by atoms with Gasteiger partial charge in [0.1, 0.15) is 0 Å². The van der Waals surface area contributed by atoms with Gasteiger partial charge in [-0.25, -0.2) is 0 Å². The summed E-state index contributed by atoms with van der Waals surface area (Å²) < 4.78 is 0. The molecule has 1 N–H and O–H groups in total. The molecule has 0 aromatic heterocycles. The zero-order valence-corrected chi connectivity index (χ0v) is 14.1. The third kappa shape index (κ3) is 5.83. The highest BCUT2D eigenvalue weighted by atomic mass is 15.2. The second-order valence-electron chi connectivity index (χ2n) is 7.75. The second-order valence-corrected chi connectivity index (χ2v) is 7.75. The van der Waals surface area contributed by atoms with Crippen LogP contribution >= 0.6 is 0 Å². The fourth-order valence-electron chi connectivity index (χ4n) is 3.10.